The number of likely N-dealkylation sites (tertiary alicyclic amines) is 1. The van der Waals surface area contributed by atoms with Gasteiger partial charge in [-0.2, -0.15) is 0 Å². The van der Waals surface area contributed by atoms with E-state index in [0.29, 0.717) is 12.3 Å². The molecule has 0 aromatic carbocycles. The molecule has 1 aliphatic heterocycles. The predicted octanol–water partition coefficient (Wildman–Crippen LogP) is 2.35. The number of Topliss-reactive ketones (excluding diaryl/α,β-unsaturated/α-hetero) is 1. The lowest BCUT2D eigenvalue weighted by Gasteiger charge is -2.24. The fourth-order valence-corrected chi connectivity index (χ4v) is 1.87. The van der Waals surface area contributed by atoms with E-state index in [4.69, 9.17) is 4.74 Å². The topological polar surface area (TPSA) is 46.6 Å². The highest BCUT2D eigenvalue weighted by Crippen LogP contribution is 2.22. The second-order valence-corrected chi connectivity index (χ2v) is 4.48. The molecule has 0 radical (unpaired) electrons. The quantitative estimate of drug-likeness (QED) is 0.693. The Bertz CT molecular complexity index is 309. The van der Waals surface area contributed by atoms with E-state index >= 15 is 0 Å². The molecule has 1 rings (SSSR count). The zero-order valence-corrected chi connectivity index (χ0v) is 10.2. The number of nitrogens with zero attached hydrogens (tertiary/aromatic N) is 1. The van der Waals surface area contributed by atoms with Crippen LogP contribution in [0.5, 0.6) is 0 Å². The first kappa shape index (κ1) is 12.7. The average Bonchev–Trinajstić information content (AvgIpc) is 2.63. The van der Waals surface area contributed by atoms with Crippen molar-refractivity contribution >= 4 is 11.9 Å². The summed E-state index contributed by atoms with van der Waals surface area (Å²) >= 11 is 0. The lowest BCUT2D eigenvalue weighted by Crippen LogP contribution is -2.42. The van der Waals surface area contributed by atoms with Crippen LogP contribution in [0.2, 0.25) is 0 Å². The summed E-state index contributed by atoms with van der Waals surface area (Å²) in [6, 6.07) is -0.313. The van der Waals surface area contributed by atoms with Crippen molar-refractivity contribution in [3.63, 3.8) is 0 Å². The molecule has 1 unspecified atom stereocenters. The van der Waals surface area contributed by atoms with Gasteiger partial charge in [0, 0.05) is 12.5 Å². The molecule has 1 aliphatic rings. The summed E-state index contributed by atoms with van der Waals surface area (Å²) in [4.78, 5) is 25.1. The molecule has 4 nitrogen and oxygen atoms in total. The van der Waals surface area contributed by atoms with Gasteiger partial charge >= 0.3 is 6.09 Å². The second-order valence-electron chi connectivity index (χ2n) is 4.48. The Morgan fingerprint density at radius 1 is 1.44 bits per heavy atom. The van der Waals surface area contributed by atoms with Crippen molar-refractivity contribution in [1.29, 1.82) is 0 Å². The molecule has 0 N–H and O–H groups in total. The summed E-state index contributed by atoms with van der Waals surface area (Å²) < 4.78 is 4.93. The summed E-state index contributed by atoms with van der Waals surface area (Å²) in [5.74, 6) is 0.409. The van der Waals surface area contributed by atoms with Crippen LogP contribution in [0.25, 0.3) is 0 Å². The van der Waals surface area contributed by atoms with E-state index in [0.717, 1.165) is 12.8 Å². The summed E-state index contributed by atoms with van der Waals surface area (Å²) in [5, 5.41) is 0. The zero-order chi connectivity index (χ0) is 12.3. The number of hydrogen-bond acceptors (Lipinski definition) is 3. The molecule has 0 aromatic heterocycles. The molecule has 1 fully saturated rings. The van der Waals surface area contributed by atoms with E-state index < -0.39 is 6.09 Å². The van der Waals surface area contributed by atoms with Crippen molar-refractivity contribution in [3.8, 4) is 0 Å². The SMILES string of the molecule is C=C(C)OC(=O)N1CCCC1C(=O)C(C)C. The van der Waals surface area contributed by atoms with Gasteiger partial charge in [0.2, 0.25) is 0 Å². The van der Waals surface area contributed by atoms with Crippen molar-refractivity contribution in [2.24, 2.45) is 5.92 Å². The van der Waals surface area contributed by atoms with E-state index in [-0.39, 0.29) is 17.7 Å². The lowest BCUT2D eigenvalue weighted by atomic mass is 10.0. The van der Waals surface area contributed by atoms with Crippen LogP contribution >= 0.6 is 0 Å². The second kappa shape index (κ2) is 5.14. The van der Waals surface area contributed by atoms with Crippen molar-refractivity contribution in [1.82, 2.24) is 4.90 Å². The molecule has 16 heavy (non-hydrogen) atoms. The van der Waals surface area contributed by atoms with Crippen LogP contribution < -0.4 is 0 Å². The number of ketones is 1. The number of carbonyl (C=O) groups is 2. The molecule has 0 aliphatic carbocycles. The number of carbonyl (C=O) groups excluding carboxylic acids is 2. The van der Waals surface area contributed by atoms with E-state index in [1.807, 2.05) is 13.8 Å². The summed E-state index contributed by atoms with van der Waals surface area (Å²) in [6.45, 7) is 9.43. The number of hydrogen-bond donors (Lipinski definition) is 0. The van der Waals surface area contributed by atoms with Crippen molar-refractivity contribution in [2.75, 3.05) is 6.54 Å². The molecule has 0 spiro atoms. The fraction of sp³-hybridized carbons (Fsp3) is 0.667. The molecular formula is C12H19NO3. The predicted molar refractivity (Wildman–Crippen MR) is 60.9 cm³/mol. The van der Waals surface area contributed by atoms with Crippen molar-refractivity contribution in [3.05, 3.63) is 12.3 Å². The molecule has 90 valence electrons. The average molecular weight is 225 g/mol. The standard InChI is InChI=1S/C12H19NO3/c1-8(2)11(14)10-6-5-7-13(10)12(15)16-9(3)4/h8,10H,3,5-7H2,1-2,4H3. The van der Waals surface area contributed by atoms with Gasteiger partial charge in [-0.25, -0.2) is 4.79 Å². The van der Waals surface area contributed by atoms with E-state index in [2.05, 4.69) is 6.58 Å². The molecule has 1 saturated heterocycles. The van der Waals surface area contributed by atoms with Gasteiger partial charge in [-0.15, -0.1) is 0 Å². The smallest absolute Gasteiger partial charge is 0.415 e. The van der Waals surface area contributed by atoms with Gasteiger partial charge in [0.1, 0.15) is 0 Å². The molecule has 1 atom stereocenters. The third-order valence-corrected chi connectivity index (χ3v) is 2.65. The molecule has 1 amide bonds. The maximum Gasteiger partial charge on any atom is 0.415 e. The van der Waals surface area contributed by atoms with Crippen LogP contribution in [-0.2, 0) is 9.53 Å². The van der Waals surface area contributed by atoms with Crippen LogP contribution in [0.1, 0.15) is 33.6 Å². The largest absolute Gasteiger partial charge is 0.416 e. The minimum Gasteiger partial charge on any atom is -0.416 e. The normalized spacial score (nSPS) is 20.0. The first-order chi connectivity index (χ1) is 7.43. The Labute approximate surface area is 96.3 Å². The van der Waals surface area contributed by atoms with E-state index in [9.17, 15) is 9.59 Å². The van der Waals surface area contributed by atoms with Crippen LogP contribution in [0.15, 0.2) is 12.3 Å². The van der Waals surface area contributed by atoms with Crippen LogP contribution in [0, 0.1) is 5.92 Å². The molecule has 4 heteroatoms. The first-order valence-corrected chi connectivity index (χ1v) is 5.61. The Kier molecular flexibility index (Phi) is 4.10. The van der Waals surface area contributed by atoms with E-state index in [1.54, 1.807) is 6.92 Å². The van der Waals surface area contributed by atoms with Crippen LogP contribution in [-0.4, -0.2) is 29.4 Å². The maximum absolute atomic E-state index is 11.9. The summed E-state index contributed by atoms with van der Waals surface area (Å²) in [7, 11) is 0. The highest BCUT2D eigenvalue weighted by molar-refractivity contribution is 5.89. The van der Waals surface area contributed by atoms with Crippen LogP contribution in [0.4, 0.5) is 4.79 Å². The third-order valence-electron chi connectivity index (χ3n) is 2.65. The van der Waals surface area contributed by atoms with Gasteiger partial charge in [0.25, 0.3) is 0 Å². The Hall–Kier alpha value is -1.32. The maximum atomic E-state index is 11.9. The minimum absolute atomic E-state index is 0.0526. The Morgan fingerprint density at radius 3 is 2.56 bits per heavy atom. The van der Waals surface area contributed by atoms with Crippen LogP contribution in [0.3, 0.4) is 0 Å². The first-order valence-electron chi connectivity index (χ1n) is 5.61. The van der Waals surface area contributed by atoms with Crippen molar-refractivity contribution < 1.29 is 14.3 Å². The third kappa shape index (κ3) is 2.84. The molecule has 0 saturated carbocycles. The van der Waals surface area contributed by atoms with Gasteiger partial charge < -0.3 is 4.74 Å². The number of allylic oxidation sites excluding steroid dienone is 1. The summed E-state index contributed by atoms with van der Waals surface area (Å²) in [6.07, 6.45) is 1.14. The molecular weight excluding hydrogens is 206 g/mol. The highest BCUT2D eigenvalue weighted by atomic mass is 16.6. The Balaban J connectivity index is 2.69. The minimum atomic E-state index is -0.455. The van der Waals surface area contributed by atoms with Crippen molar-refractivity contribution in [2.45, 2.75) is 39.7 Å². The number of amides is 1. The monoisotopic (exact) mass is 225 g/mol. The Morgan fingerprint density at radius 2 is 2.06 bits per heavy atom. The number of ether oxygens (including phenoxy) is 1. The molecule has 0 bridgehead atoms. The van der Waals surface area contributed by atoms with Gasteiger partial charge in [0.05, 0.1) is 11.8 Å². The fourth-order valence-electron chi connectivity index (χ4n) is 1.87. The highest BCUT2D eigenvalue weighted by Gasteiger charge is 2.35. The van der Waals surface area contributed by atoms with Gasteiger partial charge in [-0.3, -0.25) is 9.69 Å². The lowest BCUT2D eigenvalue weighted by molar-refractivity contribution is -0.125. The number of rotatable bonds is 3. The molecule has 1 heterocycles. The van der Waals surface area contributed by atoms with Gasteiger partial charge in [0.15, 0.2) is 5.78 Å². The van der Waals surface area contributed by atoms with Gasteiger partial charge in [-0.05, 0) is 19.8 Å². The molecule has 0 aromatic rings. The zero-order valence-electron chi connectivity index (χ0n) is 10.2. The van der Waals surface area contributed by atoms with E-state index in [1.165, 1.54) is 4.90 Å². The summed E-state index contributed by atoms with van der Waals surface area (Å²) in [5.41, 5.74) is 0. The van der Waals surface area contributed by atoms with Gasteiger partial charge in [-0.1, -0.05) is 20.4 Å².